The summed E-state index contributed by atoms with van der Waals surface area (Å²) in [5.74, 6) is -0.179. The van der Waals surface area contributed by atoms with Crippen molar-refractivity contribution in [2.45, 2.75) is 19.4 Å². The highest BCUT2D eigenvalue weighted by Crippen LogP contribution is 2.37. The summed E-state index contributed by atoms with van der Waals surface area (Å²) >= 11 is 0. The molecule has 0 bridgehead atoms. The van der Waals surface area contributed by atoms with Gasteiger partial charge in [0, 0.05) is 19.0 Å². The number of carbonyl (C=O) groups is 1. The van der Waals surface area contributed by atoms with E-state index >= 15 is 0 Å². The van der Waals surface area contributed by atoms with Gasteiger partial charge in [-0.05, 0) is 30.7 Å². The van der Waals surface area contributed by atoms with Gasteiger partial charge in [-0.25, -0.2) is 4.39 Å². The van der Waals surface area contributed by atoms with E-state index < -0.39 is 6.10 Å². The van der Waals surface area contributed by atoms with Gasteiger partial charge in [0.15, 0.2) is 6.10 Å². The third-order valence-corrected chi connectivity index (χ3v) is 3.84. The average Bonchev–Trinajstić information content (AvgIpc) is 2.53. The maximum Gasteiger partial charge on any atom is 0.268 e. The molecule has 0 aromatic heterocycles. The Morgan fingerprint density at radius 1 is 1.33 bits per heavy atom. The highest BCUT2D eigenvalue weighted by molar-refractivity contribution is 6.00. The van der Waals surface area contributed by atoms with Crippen molar-refractivity contribution in [3.05, 3.63) is 66.0 Å². The van der Waals surface area contributed by atoms with Gasteiger partial charge in [-0.1, -0.05) is 30.4 Å². The van der Waals surface area contributed by atoms with E-state index in [1.807, 2.05) is 6.92 Å². The lowest BCUT2D eigenvalue weighted by molar-refractivity contribution is -0.126. The van der Waals surface area contributed by atoms with Crippen LogP contribution in [0.25, 0.3) is 0 Å². The minimum absolute atomic E-state index is 0.0445. The van der Waals surface area contributed by atoms with Crippen LogP contribution in [0, 0.1) is 5.82 Å². The van der Waals surface area contributed by atoms with Gasteiger partial charge in [0.25, 0.3) is 5.91 Å². The van der Waals surface area contributed by atoms with Crippen LogP contribution in [-0.2, 0) is 11.2 Å². The molecule has 0 saturated carbocycles. The number of hydrogen-bond acceptors (Lipinski definition) is 3. The van der Waals surface area contributed by atoms with Crippen LogP contribution in [-0.4, -0.2) is 23.7 Å². The monoisotopic (exact) mass is 327 g/mol. The number of rotatable bonds is 4. The van der Waals surface area contributed by atoms with E-state index in [2.05, 4.69) is 6.58 Å². The van der Waals surface area contributed by atoms with E-state index in [1.54, 1.807) is 29.2 Å². The van der Waals surface area contributed by atoms with E-state index in [1.165, 1.54) is 18.2 Å². The van der Waals surface area contributed by atoms with Crippen molar-refractivity contribution >= 4 is 11.6 Å². The van der Waals surface area contributed by atoms with Gasteiger partial charge in [-0.3, -0.25) is 4.79 Å². The van der Waals surface area contributed by atoms with Gasteiger partial charge in [0.05, 0.1) is 5.69 Å². The molecule has 4 nitrogen and oxygen atoms in total. The Morgan fingerprint density at radius 2 is 2.08 bits per heavy atom. The molecule has 0 radical (unpaired) electrons. The molecule has 1 heterocycles. The maximum absolute atomic E-state index is 13.9. The van der Waals surface area contributed by atoms with Crippen LogP contribution in [0.15, 0.2) is 54.6 Å². The number of benzene rings is 2. The Labute approximate surface area is 139 Å². The quantitative estimate of drug-likeness (QED) is 0.875. The largest absolute Gasteiger partial charge is 0.508 e. The predicted octanol–water partition coefficient (Wildman–Crippen LogP) is 3.44. The third-order valence-electron chi connectivity index (χ3n) is 3.84. The van der Waals surface area contributed by atoms with Crippen LogP contribution in [0.5, 0.6) is 11.5 Å². The molecule has 2 aromatic rings. The molecule has 0 aliphatic carbocycles. The lowest BCUT2D eigenvalue weighted by atomic mass is 10.0. The summed E-state index contributed by atoms with van der Waals surface area (Å²) in [4.78, 5) is 14.4. The molecule has 0 fully saturated rings. The predicted molar refractivity (Wildman–Crippen MR) is 89.8 cm³/mol. The summed E-state index contributed by atoms with van der Waals surface area (Å²) in [6.07, 6.45) is -0.733. The van der Waals surface area contributed by atoms with E-state index in [0.29, 0.717) is 23.5 Å². The summed E-state index contributed by atoms with van der Waals surface area (Å²) < 4.78 is 19.7. The first-order valence-corrected chi connectivity index (χ1v) is 7.64. The lowest BCUT2D eigenvalue weighted by Crippen LogP contribution is -2.47. The number of halogens is 1. The smallest absolute Gasteiger partial charge is 0.268 e. The summed E-state index contributed by atoms with van der Waals surface area (Å²) in [6.45, 7) is 6.02. The molecule has 5 heteroatoms. The summed E-state index contributed by atoms with van der Waals surface area (Å²) in [5, 5.41) is 9.68. The number of hydrogen-bond donors (Lipinski definition) is 1. The molecule has 1 N–H and O–H groups in total. The number of phenolic OH excluding ortho intramolecular Hbond substituents is 1. The van der Waals surface area contributed by atoms with Crippen LogP contribution in [0.2, 0.25) is 0 Å². The fourth-order valence-corrected chi connectivity index (χ4v) is 2.74. The van der Waals surface area contributed by atoms with Crippen LogP contribution >= 0.6 is 0 Å². The molecule has 124 valence electrons. The number of amides is 1. The normalized spacial score (nSPS) is 16.5. The average molecular weight is 327 g/mol. The molecule has 1 amide bonds. The van der Waals surface area contributed by atoms with Crippen LogP contribution in [0.3, 0.4) is 0 Å². The molecule has 0 saturated heterocycles. The van der Waals surface area contributed by atoms with Crippen LogP contribution in [0.1, 0.15) is 12.5 Å². The number of anilines is 1. The van der Waals surface area contributed by atoms with Gasteiger partial charge < -0.3 is 14.7 Å². The first-order chi connectivity index (χ1) is 11.5. The second-order valence-corrected chi connectivity index (χ2v) is 5.94. The van der Waals surface area contributed by atoms with E-state index in [-0.39, 0.29) is 23.9 Å². The first-order valence-electron chi connectivity index (χ1n) is 7.64. The number of ether oxygens (including phenoxy) is 1. The lowest BCUT2D eigenvalue weighted by Gasteiger charge is -2.34. The van der Waals surface area contributed by atoms with Crippen LogP contribution < -0.4 is 9.64 Å². The number of nitrogens with zero attached hydrogens (tertiary/aromatic N) is 1. The second kappa shape index (κ2) is 6.35. The topological polar surface area (TPSA) is 49.8 Å². The van der Waals surface area contributed by atoms with E-state index in [4.69, 9.17) is 4.74 Å². The Morgan fingerprint density at radius 3 is 2.79 bits per heavy atom. The summed E-state index contributed by atoms with van der Waals surface area (Å²) in [6, 6.07) is 10.9. The molecule has 1 unspecified atom stereocenters. The molecule has 2 aromatic carbocycles. The summed E-state index contributed by atoms with van der Waals surface area (Å²) in [7, 11) is 0. The SMILES string of the molecule is C=C(C)CN1C(=O)C(Cc2ccccc2F)Oc2cc(O)ccc21. The summed E-state index contributed by atoms with van der Waals surface area (Å²) in [5.41, 5.74) is 1.80. The van der Waals surface area contributed by atoms with E-state index in [9.17, 15) is 14.3 Å². The molecule has 0 spiro atoms. The Balaban J connectivity index is 1.96. The highest BCUT2D eigenvalue weighted by atomic mass is 19.1. The van der Waals surface area contributed by atoms with Gasteiger partial charge in [-0.15, -0.1) is 0 Å². The zero-order chi connectivity index (χ0) is 17.3. The second-order valence-electron chi connectivity index (χ2n) is 5.94. The molecule has 1 aliphatic heterocycles. The van der Waals surface area contributed by atoms with Crippen molar-refractivity contribution in [2.24, 2.45) is 0 Å². The van der Waals surface area contributed by atoms with Crippen molar-refractivity contribution in [1.82, 2.24) is 0 Å². The van der Waals surface area contributed by atoms with Crippen molar-refractivity contribution in [2.75, 3.05) is 11.4 Å². The third kappa shape index (κ3) is 3.11. The van der Waals surface area contributed by atoms with Crippen molar-refractivity contribution < 1.29 is 19.0 Å². The Kier molecular flexibility index (Phi) is 4.25. The number of phenols is 1. The minimum atomic E-state index is -0.851. The van der Waals surface area contributed by atoms with Gasteiger partial charge in [0.2, 0.25) is 0 Å². The molecular formula is C19H18FNO3. The number of aromatic hydroxyl groups is 1. The molecule has 3 rings (SSSR count). The fraction of sp³-hybridized carbons (Fsp3) is 0.211. The first kappa shape index (κ1) is 16.1. The molecule has 1 atom stereocenters. The molecule has 1 aliphatic rings. The van der Waals surface area contributed by atoms with E-state index in [0.717, 1.165) is 5.57 Å². The Bertz CT molecular complexity index is 803. The zero-order valence-electron chi connectivity index (χ0n) is 13.3. The van der Waals surface area contributed by atoms with Gasteiger partial charge in [0.1, 0.15) is 17.3 Å². The standard InChI is InChI=1S/C19H18FNO3/c1-12(2)11-21-16-8-7-14(22)10-17(16)24-18(19(21)23)9-13-5-3-4-6-15(13)20/h3-8,10,18,22H,1,9,11H2,2H3. The fourth-order valence-electron chi connectivity index (χ4n) is 2.74. The number of carbonyl (C=O) groups excluding carboxylic acids is 1. The van der Waals surface area contributed by atoms with Crippen molar-refractivity contribution in [1.29, 1.82) is 0 Å². The van der Waals surface area contributed by atoms with Crippen molar-refractivity contribution in [3.63, 3.8) is 0 Å². The molecular weight excluding hydrogens is 309 g/mol. The minimum Gasteiger partial charge on any atom is -0.508 e. The van der Waals surface area contributed by atoms with Crippen molar-refractivity contribution in [3.8, 4) is 11.5 Å². The van der Waals surface area contributed by atoms with Gasteiger partial charge in [-0.2, -0.15) is 0 Å². The molecule has 24 heavy (non-hydrogen) atoms. The van der Waals surface area contributed by atoms with Crippen LogP contribution in [0.4, 0.5) is 10.1 Å². The van der Waals surface area contributed by atoms with Gasteiger partial charge >= 0.3 is 0 Å². The number of fused-ring (bicyclic) bond motifs is 1. The zero-order valence-corrected chi connectivity index (χ0v) is 13.3. The Hall–Kier alpha value is -2.82. The maximum atomic E-state index is 13.9. The highest BCUT2D eigenvalue weighted by Gasteiger charge is 2.35.